The van der Waals surface area contributed by atoms with E-state index in [1.807, 2.05) is 19.9 Å². The number of nitrogens with zero attached hydrogens (tertiary/aromatic N) is 1. The quantitative estimate of drug-likeness (QED) is 0.646. The predicted octanol–water partition coefficient (Wildman–Crippen LogP) is 3.68. The minimum Gasteiger partial charge on any atom is -0.376 e. The van der Waals surface area contributed by atoms with Gasteiger partial charge in [-0.25, -0.2) is 9.37 Å². The van der Waals surface area contributed by atoms with Crippen molar-refractivity contribution in [2.24, 2.45) is 0 Å². The number of nitrogens with one attached hydrogen (secondary N) is 3. The molecule has 0 radical (unpaired) electrons. The summed E-state index contributed by atoms with van der Waals surface area (Å²) in [6, 6.07) is 9.31. The molecule has 1 unspecified atom stereocenters. The van der Waals surface area contributed by atoms with Crippen molar-refractivity contribution in [1.82, 2.24) is 9.97 Å². The number of H-pyrrole nitrogens is 1. The number of benzene rings is 2. The van der Waals surface area contributed by atoms with Crippen molar-refractivity contribution in [2.75, 3.05) is 10.6 Å². The van der Waals surface area contributed by atoms with E-state index in [9.17, 15) is 14.0 Å². The summed E-state index contributed by atoms with van der Waals surface area (Å²) in [7, 11) is 0. The van der Waals surface area contributed by atoms with Gasteiger partial charge in [-0.3, -0.25) is 9.59 Å². The highest BCUT2D eigenvalue weighted by atomic mass is 19.1. The highest BCUT2D eigenvalue weighted by molar-refractivity contribution is 6.00. The molecule has 0 aliphatic carbocycles. The van der Waals surface area contributed by atoms with E-state index in [4.69, 9.17) is 0 Å². The van der Waals surface area contributed by atoms with Gasteiger partial charge < -0.3 is 15.6 Å². The molecule has 138 valence electrons. The Bertz CT molecular complexity index is 1090. The van der Waals surface area contributed by atoms with Crippen LogP contribution in [0.1, 0.15) is 43.5 Å². The second kappa shape index (κ2) is 6.50. The van der Waals surface area contributed by atoms with Crippen molar-refractivity contribution in [2.45, 2.75) is 32.2 Å². The number of fused-ring (bicyclic) bond motifs is 2. The van der Waals surface area contributed by atoms with Crippen molar-refractivity contribution < 1.29 is 9.18 Å². The molecule has 3 aromatic rings. The largest absolute Gasteiger partial charge is 0.376 e. The lowest BCUT2D eigenvalue weighted by Gasteiger charge is -2.17. The van der Waals surface area contributed by atoms with E-state index in [0.717, 1.165) is 5.56 Å². The molecule has 27 heavy (non-hydrogen) atoms. The maximum Gasteiger partial charge on any atom is 0.270 e. The minimum absolute atomic E-state index is 0.00316. The predicted molar refractivity (Wildman–Crippen MR) is 102 cm³/mol. The third-order valence-corrected chi connectivity index (χ3v) is 4.67. The highest BCUT2D eigenvalue weighted by Gasteiger charge is 2.23. The number of halogens is 1. The van der Waals surface area contributed by atoms with Crippen LogP contribution in [0.4, 0.5) is 15.8 Å². The van der Waals surface area contributed by atoms with Gasteiger partial charge in [0, 0.05) is 5.92 Å². The SMILES string of the molecule is CC(C)c1nc2cc3c(cc2[nH]c1=O)NC(=O)CC(c1ccc(F)cc1)N3. The number of anilines is 2. The first-order chi connectivity index (χ1) is 12.9. The summed E-state index contributed by atoms with van der Waals surface area (Å²) in [5.41, 5.74) is 3.54. The first kappa shape index (κ1) is 17.2. The molecular weight excluding hydrogens is 347 g/mol. The van der Waals surface area contributed by atoms with Crippen molar-refractivity contribution in [3.63, 3.8) is 0 Å². The number of aromatic nitrogens is 2. The number of carbonyl (C=O) groups is 1. The number of hydrogen-bond acceptors (Lipinski definition) is 4. The van der Waals surface area contributed by atoms with Gasteiger partial charge in [-0.05, 0) is 29.8 Å². The molecule has 0 saturated carbocycles. The number of hydrogen-bond donors (Lipinski definition) is 3. The molecule has 2 aromatic carbocycles. The van der Waals surface area contributed by atoms with Gasteiger partial charge in [-0.1, -0.05) is 26.0 Å². The molecule has 4 rings (SSSR count). The molecule has 1 aliphatic rings. The van der Waals surface area contributed by atoms with E-state index in [1.54, 1.807) is 18.2 Å². The van der Waals surface area contributed by atoms with E-state index in [-0.39, 0.29) is 35.7 Å². The summed E-state index contributed by atoms with van der Waals surface area (Å²) in [4.78, 5) is 31.8. The Balaban J connectivity index is 1.81. The van der Waals surface area contributed by atoms with Crippen molar-refractivity contribution >= 4 is 28.3 Å². The summed E-state index contributed by atoms with van der Waals surface area (Å²) in [5.74, 6) is -0.488. The molecule has 3 N–H and O–H groups in total. The average molecular weight is 366 g/mol. The molecular formula is C20H19FN4O2. The molecule has 6 nitrogen and oxygen atoms in total. The van der Waals surface area contributed by atoms with E-state index < -0.39 is 0 Å². The van der Waals surface area contributed by atoms with E-state index in [0.29, 0.717) is 28.1 Å². The topological polar surface area (TPSA) is 86.9 Å². The van der Waals surface area contributed by atoms with Crippen molar-refractivity contribution in [3.8, 4) is 0 Å². The van der Waals surface area contributed by atoms with Gasteiger partial charge in [0.2, 0.25) is 5.91 Å². The third kappa shape index (κ3) is 3.28. The van der Waals surface area contributed by atoms with Crippen LogP contribution in [0, 0.1) is 5.82 Å². The van der Waals surface area contributed by atoms with Crippen LogP contribution >= 0.6 is 0 Å². The molecule has 0 fully saturated rings. The first-order valence-corrected chi connectivity index (χ1v) is 8.80. The molecule has 1 aromatic heterocycles. The molecule has 2 heterocycles. The van der Waals surface area contributed by atoms with E-state index >= 15 is 0 Å². The van der Waals surface area contributed by atoms with Crippen LogP contribution in [0.5, 0.6) is 0 Å². The van der Waals surface area contributed by atoms with E-state index in [1.165, 1.54) is 12.1 Å². The highest BCUT2D eigenvalue weighted by Crippen LogP contribution is 2.34. The Morgan fingerprint density at radius 1 is 1.11 bits per heavy atom. The molecule has 0 bridgehead atoms. The standard InChI is InChI=1S/C20H19FN4O2/c1-10(2)19-20(27)25-17-8-15-14(7-16(17)24-19)22-13(9-18(26)23-15)11-3-5-12(21)6-4-11/h3-8,10,13,22H,9H2,1-2H3,(H,23,26)(H,25,27). The maximum atomic E-state index is 13.2. The Kier molecular flexibility index (Phi) is 4.14. The molecule has 0 spiro atoms. The smallest absolute Gasteiger partial charge is 0.270 e. The maximum absolute atomic E-state index is 13.2. The molecule has 1 aliphatic heterocycles. The van der Waals surface area contributed by atoms with Gasteiger partial charge in [0.1, 0.15) is 11.5 Å². The molecule has 1 atom stereocenters. The fourth-order valence-corrected chi connectivity index (χ4v) is 3.28. The van der Waals surface area contributed by atoms with Crippen LogP contribution in [0.3, 0.4) is 0 Å². The first-order valence-electron chi connectivity index (χ1n) is 8.80. The zero-order valence-corrected chi connectivity index (χ0v) is 15.0. The third-order valence-electron chi connectivity index (χ3n) is 4.67. The summed E-state index contributed by atoms with van der Waals surface area (Å²) >= 11 is 0. The van der Waals surface area contributed by atoms with Gasteiger partial charge in [0.25, 0.3) is 5.56 Å². The zero-order valence-electron chi connectivity index (χ0n) is 15.0. The summed E-state index contributed by atoms with van der Waals surface area (Å²) in [6.45, 7) is 3.83. The Hall–Kier alpha value is -3.22. The van der Waals surface area contributed by atoms with Crippen molar-refractivity contribution in [3.05, 3.63) is 63.8 Å². The number of carbonyl (C=O) groups excluding carboxylic acids is 1. The lowest BCUT2D eigenvalue weighted by molar-refractivity contribution is -0.116. The van der Waals surface area contributed by atoms with Gasteiger partial charge >= 0.3 is 0 Å². The number of amides is 1. The molecule has 1 amide bonds. The van der Waals surface area contributed by atoms with Gasteiger partial charge in [0.05, 0.1) is 34.9 Å². The molecule has 0 saturated heterocycles. The van der Waals surface area contributed by atoms with Crippen molar-refractivity contribution in [1.29, 1.82) is 0 Å². The van der Waals surface area contributed by atoms with Crippen LogP contribution in [-0.2, 0) is 4.79 Å². The summed E-state index contributed by atoms with van der Waals surface area (Å²) in [5, 5.41) is 6.20. The van der Waals surface area contributed by atoms with Crippen LogP contribution < -0.4 is 16.2 Å². The molecule has 7 heteroatoms. The summed E-state index contributed by atoms with van der Waals surface area (Å²) < 4.78 is 13.2. The normalized spacial score (nSPS) is 16.6. The Morgan fingerprint density at radius 2 is 1.85 bits per heavy atom. The minimum atomic E-state index is -0.322. The van der Waals surface area contributed by atoms with Crippen LogP contribution in [-0.4, -0.2) is 15.9 Å². The Morgan fingerprint density at radius 3 is 2.56 bits per heavy atom. The van der Waals surface area contributed by atoms with Gasteiger partial charge in [0.15, 0.2) is 0 Å². The average Bonchev–Trinajstić information content (AvgIpc) is 2.77. The van der Waals surface area contributed by atoms with Crippen LogP contribution in [0.2, 0.25) is 0 Å². The van der Waals surface area contributed by atoms with Crippen LogP contribution in [0.25, 0.3) is 11.0 Å². The Labute approximate surface area is 154 Å². The monoisotopic (exact) mass is 366 g/mol. The summed E-state index contributed by atoms with van der Waals surface area (Å²) in [6.07, 6.45) is 0.206. The number of aromatic amines is 1. The van der Waals surface area contributed by atoms with Crippen LogP contribution in [0.15, 0.2) is 41.2 Å². The number of rotatable bonds is 2. The fraction of sp³-hybridized carbons (Fsp3) is 0.250. The fourth-order valence-electron chi connectivity index (χ4n) is 3.28. The second-order valence-electron chi connectivity index (χ2n) is 7.02. The van der Waals surface area contributed by atoms with Gasteiger partial charge in [-0.15, -0.1) is 0 Å². The second-order valence-corrected chi connectivity index (χ2v) is 7.02. The zero-order chi connectivity index (χ0) is 19.1. The van der Waals surface area contributed by atoms with E-state index in [2.05, 4.69) is 20.6 Å². The lowest BCUT2D eigenvalue weighted by atomic mass is 10.0. The van der Waals surface area contributed by atoms with Gasteiger partial charge in [-0.2, -0.15) is 0 Å². The lowest BCUT2D eigenvalue weighted by Crippen LogP contribution is -2.16.